The molecule has 0 saturated heterocycles. The maximum absolute atomic E-state index is 5.46. The fourth-order valence-electron chi connectivity index (χ4n) is 2.50. The summed E-state index contributed by atoms with van der Waals surface area (Å²) < 4.78 is 12.8. The van der Waals surface area contributed by atoms with E-state index in [4.69, 9.17) is 9.47 Å². The smallest absolute Gasteiger partial charge is 0.163 e. The Morgan fingerprint density at radius 3 is 2.71 bits per heavy atom. The minimum Gasteiger partial charge on any atom is -0.493 e. The second-order valence-corrected chi connectivity index (χ2v) is 4.99. The summed E-state index contributed by atoms with van der Waals surface area (Å²) >= 11 is 0. The Balaban J connectivity index is 2.03. The van der Waals surface area contributed by atoms with Crippen molar-refractivity contribution in [3.8, 4) is 11.5 Å². The number of imidazole rings is 1. The molecule has 1 aromatic carbocycles. The summed E-state index contributed by atoms with van der Waals surface area (Å²) in [6.07, 6.45) is 5.59. The van der Waals surface area contributed by atoms with Crippen LogP contribution in [0.1, 0.15) is 24.1 Å². The predicted molar refractivity (Wildman–Crippen MR) is 82.9 cm³/mol. The first-order valence-electron chi connectivity index (χ1n) is 7.08. The average molecular weight is 289 g/mol. The summed E-state index contributed by atoms with van der Waals surface area (Å²) in [7, 11) is 3.33. The van der Waals surface area contributed by atoms with Crippen molar-refractivity contribution in [2.24, 2.45) is 0 Å². The highest BCUT2D eigenvalue weighted by Crippen LogP contribution is 2.34. The van der Waals surface area contributed by atoms with Crippen LogP contribution in [-0.2, 0) is 6.54 Å². The molecule has 2 rings (SSSR count). The number of aromatic nitrogens is 2. The van der Waals surface area contributed by atoms with E-state index < -0.39 is 0 Å². The van der Waals surface area contributed by atoms with Gasteiger partial charge < -0.3 is 19.4 Å². The van der Waals surface area contributed by atoms with Crippen molar-refractivity contribution >= 4 is 0 Å². The molecule has 1 aromatic heterocycles. The van der Waals surface area contributed by atoms with Crippen LogP contribution in [0.2, 0.25) is 0 Å². The Labute approximate surface area is 125 Å². The first-order chi connectivity index (χ1) is 10.2. The monoisotopic (exact) mass is 289 g/mol. The van der Waals surface area contributed by atoms with E-state index in [0.29, 0.717) is 0 Å². The number of rotatable bonds is 7. The number of nitrogens with one attached hydrogen (secondary N) is 1. The standard InChI is InChI=1S/C16H23N3O2/c1-12-14(5-6-15(20-3)16(12)21-4)13(2)18-8-10-19-9-7-17-11-19/h5-7,9,11,13,18H,8,10H2,1-4H3. The molecule has 0 fully saturated rings. The zero-order valence-electron chi connectivity index (χ0n) is 13.1. The van der Waals surface area contributed by atoms with Gasteiger partial charge in [0.15, 0.2) is 11.5 Å². The van der Waals surface area contributed by atoms with E-state index in [1.54, 1.807) is 20.4 Å². The number of hydrogen-bond donors (Lipinski definition) is 1. The molecular formula is C16H23N3O2. The number of methoxy groups -OCH3 is 2. The molecule has 1 heterocycles. The van der Waals surface area contributed by atoms with E-state index in [1.807, 2.05) is 18.6 Å². The summed E-state index contributed by atoms with van der Waals surface area (Å²) in [5.41, 5.74) is 2.33. The van der Waals surface area contributed by atoms with Gasteiger partial charge in [-0.2, -0.15) is 0 Å². The average Bonchev–Trinajstić information content (AvgIpc) is 2.99. The summed E-state index contributed by atoms with van der Waals surface area (Å²) in [4.78, 5) is 4.04. The summed E-state index contributed by atoms with van der Waals surface area (Å²) in [6, 6.07) is 4.29. The van der Waals surface area contributed by atoms with Gasteiger partial charge in [0.05, 0.1) is 20.5 Å². The normalized spacial score (nSPS) is 12.2. The highest BCUT2D eigenvalue weighted by molar-refractivity contribution is 5.50. The fraction of sp³-hybridized carbons (Fsp3) is 0.438. The van der Waals surface area contributed by atoms with Gasteiger partial charge in [-0.3, -0.25) is 0 Å². The lowest BCUT2D eigenvalue weighted by molar-refractivity contribution is 0.351. The third-order valence-electron chi connectivity index (χ3n) is 3.68. The van der Waals surface area contributed by atoms with Crippen molar-refractivity contribution in [2.75, 3.05) is 20.8 Å². The van der Waals surface area contributed by atoms with Crippen molar-refractivity contribution in [3.05, 3.63) is 42.0 Å². The van der Waals surface area contributed by atoms with Crippen molar-refractivity contribution < 1.29 is 9.47 Å². The molecule has 1 atom stereocenters. The van der Waals surface area contributed by atoms with Gasteiger partial charge in [0.2, 0.25) is 0 Å². The number of nitrogens with zero attached hydrogens (tertiary/aromatic N) is 2. The van der Waals surface area contributed by atoms with E-state index in [9.17, 15) is 0 Å². The molecule has 2 aromatic rings. The van der Waals surface area contributed by atoms with Gasteiger partial charge in [0.25, 0.3) is 0 Å². The molecule has 1 unspecified atom stereocenters. The van der Waals surface area contributed by atoms with Gasteiger partial charge in [0.1, 0.15) is 0 Å². The quantitative estimate of drug-likeness (QED) is 0.851. The zero-order chi connectivity index (χ0) is 15.2. The lowest BCUT2D eigenvalue weighted by Gasteiger charge is -2.20. The molecule has 0 bridgehead atoms. The topological polar surface area (TPSA) is 48.3 Å². The molecule has 0 radical (unpaired) electrons. The second kappa shape index (κ2) is 7.13. The molecule has 0 saturated carbocycles. The Morgan fingerprint density at radius 2 is 2.10 bits per heavy atom. The lowest BCUT2D eigenvalue weighted by Crippen LogP contribution is -2.23. The maximum atomic E-state index is 5.46. The SMILES string of the molecule is COc1ccc(C(C)NCCn2ccnc2)c(C)c1OC. The van der Waals surface area contributed by atoms with Crippen LogP contribution in [-0.4, -0.2) is 30.3 Å². The van der Waals surface area contributed by atoms with E-state index in [1.165, 1.54) is 5.56 Å². The van der Waals surface area contributed by atoms with Gasteiger partial charge in [-0.1, -0.05) is 6.07 Å². The minimum absolute atomic E-state index is 0.244. The number of benzene rings is 1. The van der Waals surface area contributed by atoms with Crippen LogP contribution >= 0.6 is 0 Å². The lowest BCUT2D eigenvalue weighted by atomic mass is 10.0. The van der Waals surface area contributed by atoms with Crippen LogP contribution in [0.4, 0.5) is 0 Å². The Kier molecular flexibility index (Phi) is 5.22. The van der Waals surface area contributed by atoms with Gasteiger partial charge in [-0.05, 0) is 31.0 Å². The molecule has 0 aliphatic carbocycles. The van der Waals surface area contributed by atoms with Crippen LogP contribution in [0.25, 0.3) is 0 Å². The molecule has 0 aliphatic heterocycles. The van der Waals surface area contributed by atoms with E-state index in [0.717, 1.165) is 30.2 Å². The molecule has 5 heteroatoms. The van der Waals surface area contributed by atoms with Crippen LogP contribution in [0.5, 0.6) is 11.5 Å². The minimum atomic E-state index is 0.244. The van der Waals surface area contributed by atoms with E-state index >= 15 is 0 Å². The van der Waals surface area contributed by atoms with Crippen molar-refractivity contribution in [1.29, 1.82) is 0 Å². The molecule has 1 N–H and O–H groups in total. The largest absolute Gasteiger partial charge is 0.493 e. The maximum Gasteiger partial charge on any atom is 0.163 e. The first kappa shape index (κ1) is 15.4. The molecule has 114 valence electrons. The van der Waals surface area contributed by atoms with Crippen molar-refractivity contribution in [2.45, 2.75) is 26.4 Å². The molecule has 5 nitrogen and oxygen atoms in total. The Morgan fingerprint density at radius 1 is 1.29 bits per heavy atom. The van der Waals surface area contributed by atoms with Crippen molar-refractivity contribution in [1.82, 2.24) is 14.9 Å². The van der Waals surface area contributed by atoms with Gasteiger partial charge in [0, 0.05) is 31.5 Å². The zero-order valence-corrected chi connectivity index (χ0v) is 13.1. The Hall–Kier alpha value is -2.01. The van der Waals surface area contributed by atoms with Gasteiger partial charge in [-0.15, -0.1) is 0 Å². The predicted octanol–water partition coefficient (Wildman–Crippen LogP) is 2.56. The summed E-state index contributed by atoms with van der Waals surface area (Å²) in [5.74, 6) is 1.57. The van der Waals surface area contributed by atoms with Gasteiger partial charge >= 0.3 is 0 Å². The molecule has 0 spiro atoms. The summed E-state index contributed by atoms with van der Waals surface area (Å²) in [6.45, 7) is 5.99. The van der Waals surface area contributed by atoms with E-state index in [2.05, 4.69) is 34.8 Å². The number of ether oxygens (including phenoxy) is 2. The molecule has 0 aliphatic rings. The third-order valence-corrected chi connectivity index (χ3v) is 3.68. The first-order valence-corrected chi connectivity index (χ1v) is 7.08. The van der Waals surface area contributed by atoms with Gasteiger partial charge in [-0.25, -0.2) is 4.98 Å². The highest BCUT2D eigenvalue weighted by atomic mass is 16.5. The van der Waals surface area contributed by atoms with Crippen LogP contribution in [0, 0.1) is 6.92 Å². The second-order valence-electron chi connectivity index (χ2n) is 4.99. The fourth-order valence-corrected chi connectivity index (χ4v) is 2.50. The Bertz CT molecular complexity index is 567. The van der Waals surface area contributed by atoms with E-state index in [-0.39, 0.29) is 6.04 Å². The molecule has 0 amide bonds. The number of hydrogen-bond acceptors (Lipinski definition) is 4. The van der Waals surface area contributed by atoms with Crippen LogP contribution in [0.3, 0.4) is 0 Å². The molecule has 21 heavy (non-hydrogen) atoms. The highest BCUT2D eigenvalue weighted by Gasteiger charge is 2.15. The van der Waals surface area contributed by atoms with Crippen molar-refractivity contribution in [3.63, 3.8) is 0 Å². The van der Waals surface area contributed by atoms with Crippen LogP contribution < -0.4 is 14.8 Å². The molecular weight excluding hydrogens is 266 g/mol. The van der Waals surface area contributed by atoms with Crippen LogP contribution in [0.15, 0.2) is 30.9 Å². The third kappa shape index (κ3) is 3.55. The summed E-state index contributed by atoms with van der Waals surface area (Å²) in [5, 5.41) is 3.52.